The van der Waals surface area contributed by atoms with Gasteiger partial charge >= 0.3 is 0 Å². The van der Waals surface area contributed by atoms with E-state index in [-0.39, 0.29) is 11.5 Å². The van der Waals surface area contributed by atoms with Gasteiger partial charge in [0, 0.05) is 6.42 Å². The number of rotatable bonds is 6. The van der Waals surface area contributed by atoms with Gasteiger partial charge in [-0.15, -0.1) is 0 Å². The lowest BCUT2D eigenvalue weighted by atomic mass is 9.97. The van der Waals surface area contributed by atoms with Crippen LogP contribution in [0.4, 0.5) is 5.95 Å². The molecule has 7 heteroatoms. The van der Waals surface area contributed by atoms with E-state index in [1.807, 2.05) is 0 Å². The maximum absolute atomic E-state index is 11.6. The first-order valence-electron chi connectivity index (χ1n) is 6.58. The fraction of sp³-hybridized carbons (Fsp3) is 0.583. The molecule has 0 aliphatic rings. The number of aryl methyl sites for hydroxylation is 1. The van der Waals surface area contributed by atoms with Crippen LogP contribution in [0.5, 0.6) is 0 Å². The standard InChI is InChI=1S/C12H20N6O/c1-2-7(5-6-13)3-4-8-15-9-10(16-8)17-12(14)18-11(9)19/h7H,2-6,13H2,1H3,(H4,14,15,16,17,18,19). The summed E-state index contributed by atoms with van der Waals surface area (Å²) < 4.78 is 0. The van der Waals surface area contributed by atoms with Crippen LogP contribution in [0.1, 0.15) is 32.0 Å². The predicted octanol–water partition coefficient (Wildman–Crippen LogP) is 0.536. The molecule has 2 aromatic heterocycles. The topological polar surface area (TPSA) is 126 Å². The third-order valence-corrected chi connectivity index (χ3v) is 3.37. The number of nitrogens with two attached hydrogens (primary N) is 2. The van der Waals surface area contributed by atoms with Gasteiger partial charge in [0.15, 0.2) is 11.2 Å². The number of nitrogens with zero attached hydrogens (tertiary/aromatic N) is 2. The van der Waals surface area contributed by atoms with Gasteiger partial charge in [-0.05, 0) is 25.3 Å². The fourth-order valence-electron chi connectivity index (χ4n) is 2.22. The summed E-state index contributed by atoms with van der Waals surface area (Å²) in [6.07, 6.45) is 3.90. The summed E-state index contributed by atoms with van der Waals surface area (Å²) in [7, 11) is 0. The third kappa shape index (κ3) is 3.11. The Morgan fingerprint density at radius 3 is 2.74 bits per heavy atom. The molecule has 0 aliphatic carbocycles. The Balaban J connectivity index is 2.13. The second kappa shape index (κ2) is 5.83. The van der Waals surface area contributed by atoms with E-state index in [4.69, 9.17) is 11.5 Å². The number of hydrogen-bond acceptors (Lipinski definition) is 5. The summed E-state index contributed by atoms with van der Waals surface area (Å²) in [4.78, 5) is 25.4. The van der Waals surface area contributed by atoms with Gasteiger partial charge in [-0.3, -0.25) is 9.78 Å². The maximum Gasteiger partial charge on any atom is 0.278 e. The summed E-state index contributed by atoms with van der Waals surface area (Å²) >= 11 is 0. The number of aromatic amines is 2. The number of nitrogen functional groups attached to an aromatic ring is 1. The Hall–Kier alpha value is -1.89. The van der Waals surface area contributed by atoms with Crippen LogP contribution in [0, 0.1) is 5.92 Å². The number of imidazole rings is 1. The molecule has 0 aliphatic heterocycles. The van der Waals surface area contributed by atoms with Crippen LogP contribution in [0.3, 0.4) is 0 Å². The van der Waals surface area contributed by atoms with Gasteiger partial charge in [0.2, 0.25) is 5.95 Å². The highest BCUT2D eigenvalue weighted by molar-refractivity contribution is 5.70. The molecule has 2 aromatic rings. The predicted molar refractivity (Wildman–Crippen MR) is 74.7 cm³/mol. The van der Waals surface area contributed by atoms with Crippen molar-refractivity contribution in [2.75, 3.05) is 12.3 Å². The number of hydrogen-bond donors (Lipinski definition) is 4. The second-order valence-corrected chi connectivity index (χ2v) is 4.72. The van der Waals surface area contributed by atoms with Gasteiger partial charge in [-0.2, -0.15) is 4.98 Å². The van der Waals surface area contributed by atoms with Gasteiger partial charge in [0.1, 0.15) is 5.82 Å². The van der Waals surface area contributed by atoms with Crippen LogP contribution in [0.15, 0.2) is 4.79 Å². The molecule has 19 heavy (non-hydrogen) atoms. The van der Waals surface area contributed by atoms with Crippen molar-refractivity contribution in [2.45, 2.75) is 32.6 Å². The first-order chi connectivity index (χ1) is 9.13. The minimum Gasteiger partial charge on any atom is -0.369 e. The summed E-state index contributed by atoms with van der Waals surface area (Å²) in [5.41, 5.74) is 11.5. The van der Waals surface area contributed by atoms with E-state index in [1.165, 1.54) is 0 Å². The van der Waals surface area contributed by atoms with Gasteiger partial charge in [0.25, 0.3) is 5.56 Å². The van der Waals surface area contributed by atoms with Crippen LogP contribution >= 0.6 is 0 Å². The van der Waals surface area contributed by atoms with Gasteiger partial charge in [-0.1, -0.05) is 13.3 Å². The first-order valence-corrected chi connectivity index (χ1v) is 6.58. The molecule has 0 spiro atoms. The highest BCUT2D eigenvalue weighted by Gasteiger charge is 2.11. The number of H-pyrrole nitrogens is 2. The lowest BCUT2D eigenvalue weighted by Gasteiger charge is -2.11. The Morgan fingerprint density at radius 2 is 2.05 bits per heavy atom. The maximum atomic E-state index is 11.6. The van der Waals surface area contributed by atoms with Crippen molar-refractivity contribution in [3.8, 4) is 0 Å². The lowest BCUT2D eigenvalue weighted by molar-refractivity contribution is 0.440. The summed E-state index contributed by atoms with van der Waals surface area (Å²) in [6, 6.07) is 0. The Bertz CT molecular complexity index is 602. The zero-order valence-corrected chi connectivity index (χ0v) is 11.1. The van der Waals surface area contributed by atoms with Crippen molar-refractivity contribution in [3.05, 3.63) is 16.2 Å². The van der Waals surface area contributed by atoms with Crippen LogP contribution in [-0.4, -0.2) is 26.5 Å². The van der Waals surface area contributed by atoms with Crippen molar-refractivity contribution in [1.29, 1.82) is 0 Å². The number of fused-ring (bicyclic) bond motifs is 1. The van der Waals surface area contributed by atoms with Crippen LogP contribution in [0.2, 0.25) is 0 Å². The van der Waals surface area contributed by atoms with Crippen LogP contribution in [-0.2, 0) is 6.42 Å². The summed E-state index contributed by atoms with van der Waals surface area (Å²) in [5.74, 6) is 1.45. The van der Waals surface area contributed by atoms with Gasteiger partial charge in [0.05, 0.1) is 0 Å². The smallest absolute Gasteiger partial charge is 0.278 e. The number of aromatic nitrogens is 4. The molecule has 2 heterocycles. The Labute approximate surface area is 110 Å². The van der Waals surface area contributed by atoms with Crippen molar-refractivity contribution in [3.63, 3.8) is 0 Å². The van der Waals surface area contributed by atoms with E-state index in [2.05, 4.69) is 26.9 Å². The minimum absolute atomic E-state index is 0.0881. The van der Waals surface area contributed by atoms with Crippen LogP contribution in [0.25, 0.3) is 11.2 Å². The number of anilines is 1. The largest absolute Gasteiger partial charge is 0.369 e. The Morgan fingerprint density at radius 1 is 1.26 bits per heavy atom. The molecule has 2 rings (SSSR count). The van der Waals surface area contributed by atoms with Gasteiger partial charge in [-0.25, -0.2) is 4.98 Å². The molecule has 7 nitrogen and oxygen atoms in total. The Kier molecular flexibility index (Phi) is 4.16. The second-order valence-electron chi connectivity index (χ2n) is 4.72. The molecule has 1 unspecified atom stereocenters. The molecule has 0 saturated carbocycles. The molecule has 0 fully saturated rings. The average molecular weight is 264 g/mol. The van der Waals surface area contributed by atoms with E-state index in [0.717, 1.165) is 31.5 Å². The summed E-state index contributed by atoms with van der Waals surface area (Å²) in [6.45, 7) is 2.86. The van der Waals surface area contributed by atoms with Crippen molar-refractivity contribution < 1.29 is 0 Å². The van der Waals surface area contributed by atoms with E-state index in [9.17, 15) is 4.79 Å². The third-order valence-electron chi connectivity index (χ3n) is 3.37. The normalized spacial score (nSPS) is 12.9. The first kappa shape index (κ1) is 13.5. The van der Waals surface area contributed by atoms with E-state index >= 15 is 0 Å². The minimum atomic E-state index is -0.282. The molecule has 0 radical (unpaired) electrons. The molecule has 1 atom stereocenters. The molecular weight excluding hydrogens is 244 g/mol. The highest BCUT2D eigenvalue weighted by atomic mass is 16.1. The van der Waals surface area contributed by atoms with Crippen molar-refractivity contribution >= 4 is 17.1 Å². The van der Waals surface area contributed by atoms with E-state index in [0.29, 0.717) is 23.6 Å². The SMILES string of the molecule is CCC(CCN)CCc1nc2nc(N)[nH]c(=O)c2[nH]1. The molecule has 0 bridgehead atoms. The fourth-order valence-corrected chi connectivity index (χ4v) is 2.22. The molecule has 0 amide bonds. The molecule has 0 aromatic carbocycles. The number of nitrogens with one attached hydrogen (secondary N) is 2. The quantitative estimate of drug-likeness (QED) is 0.605. The van der Waals surface area contributed by atoms with E-state index < -0.39 is 0 Å². The van der Waals surface area contributed by atoms with Crippen LogP contribution < -0.4 is 17.0 Å². The molecule has 104 valence electrons. The average Bonchev–Trinajstić information content (AvgIpc) is 2.77. The molecule has 6 N–H and O–H groups in total. The van der Waals surface area contributed by atoms with E-state index in [1.54, 1.807) is 0 Å². The van der Waals surface area contributed by atoms with Crippen molar-refractivity contribution in [2.24, 2.45) is 11.7 Å². The monoisotopic (exact) mass is 264 g/mol. The zero-order chi connectivity index (χ0) is 13.8. The molecular formula is C12H20N6O. The lowest BCUT2D eigenvalue weighted by Crippen LogP contribution is -2.11. The molecule has 0 saturated heterocycles. The van der Waals surface area contributed by atoms with Gasteiger partial charge < -0.3 is 16.5 Å². The highest BCUT2D eigenvalue weighted by Crippen LogP contribution is 2.15. The zero-order valence-electron chi connectivity index (χ0n) is 11.1. The van der Waals surface area contributed by atoms with Crippen molar-refractivity contribution in [1.82, 2.24) is 19.9 Å². The summed E-state index contributed by atoms with van der Waals surface area (Å²) in [5, 5.41) is 0.